The van der Waals surface area contributed by atoms with Crippen LogP contribution in [0.5, 0.6) is 0 Å². The Morgan fingerprint density at radius 3 is 2.43 bits per heavy atom. The molecule has 2 nitrogen and oxygen atoms in total. The molecule has 0 aliphatic heterocycles. The number of rotatable bonds is 4. The van der Waals surface area contributed by atoms with Crippen LogP contribution in [0.2, 0.25) is 0 Å². The van der Waals surface area contributed by atoms with Crippen LogP contribution in [0.4, 0.5) is 0 Å². The van der Waals surface area contributed by atoms with Crippen LogP contribution in [0, 0.1) is 11.3 Å². The van der Waals surface area contributed by atoms with Gasteiger partial charge in [0, 0.05) is 6.54 Å². The molecule has 1 rings (SSSR count). The second kappa shape index (κ2) is 4.56. The minimum absolute atomic E-state index is 0.0801. The normalized spacial score (nSPS) is 21.5. The summed E-state index contributed by atoms with van der Waals surface area (Å²) in [6.07, 6.45) is 3.79. The number of nitrogens with one attached hydrogen (secondary N) is 1. The second-order valence-corrected chi connectivity index (χ2v) is 5.63. The lowest BCUT2D eigenvalue weighted by Crippen LogP contribution is -2.43. The van der Waals surface area contributed by atoms with Gasteiger partial charge in [-0.2, -0.15) is 12.6 Å². The standard InChI is InChI=1S/C11H21NOS/c1-8(2)9(14)10(13)12-7-11(3)5-4-6-11/h8-9,14H,4-7H2,1-3H3,(H,12,13). The summed E-state index contributed by atoms with van der Waals surface area (Å²) in [6, 6.07) is 0. The third-order valence-corrected chi connectivity index (χ3v) is 3.98. The van der Waals surface area contributed by atoms with E-state index in [2.05, 4.69) is 24.9 Å². The predicted molar refractivity (Wildman–Crippen MR) is 62.6 cm³/mol. The number of carbonyl (C=O) groups is 1. The summed E-state index contributed by atoms with van der Waals surface area (Å²) in [5.41, 5.74) is 0.361. The summed E-state index contributed by atoms with van der Waals surface area (Å²) in [4.78, 5) is 11.6. The molecule has 1 atom stereocenters. The molecule has 14 heavy (non-hydrogen) atoms. The van der Waals surface area contributed by atoms with Crippen molar-refractivity contribution in [3.63, 3.8) is 0 Å². The van der Waals surface area contributed by atoms with Crippen molar-refractivity contribution in [2.45, 2.75) is 45.3 Å². The summed E-state index contributed by atoms with van der Waals surface area (Å²) in [5.74, 6) is 0.379. The zero-order chi connectivity index (χ0) is 10.8. The number of thiol groups is 1. The zero-order valence-corrected chi connectivity index (χ0v) is 10.2. The van der Waals surface area contributed by atoms with Crippen LogP contribution in [-0.2, 0) is 4.79 Å². The van der Waals surface area contributed by atoms with Crippen molar-refractivity contribution in [1.82, 2.24) is 5.32 Å². The maximum atomic E-state index is 11.6. The first-order valence-electron chi connectivity index (χ1n) is 5.40. The van der Waals surface area contributed by atoms with Crippen LogP contribution >= 0.6 is 12.6 Å². The first-order valence-corrected chi connectivity index (χ1v) is 5.92. The third kappa shape index (κ3) is 2.91. The summed E-state index contributed by atoms with van der Waals surface area (Å²) in [5, 5.41) is 2.82. The van der Waals surface area contributed by atoms with E-state index in [0.717, 1.165) is 6.54 Å². The van der Waals surface area contributed by atoms with Crippen molar-refractivity contribution >= 4 is 18.5 Å². The first-order chi connectivity index (χ1) is 6.44. The van der Waals surface area contributed by atoms with Gasteiger partial charge in [-0.1, -0.05) is 27.2 Å². The highest BCUT2D eigenvalue weighted by Gasteiger charge is 2.32. The molecule has 1 aliphatic carbocycles. The maximum absolute atomic E-state index is 11.6. The summed E-state index contributed by atoms with van der Waals surface area (Å²) in [6.45, 7) is 7.08. The van der Waals surface area contributed by atoms with E-state index in [-0.39, 0.29) is 11.2 Å². The second-order valence-electron chi connectivity index (χ2n) is 5.07. The Kier molecular flexibility index (Phi) is 3.87. The number of amides is 1. The summed E-state index contributed by atoms with van der Waals surface area (Å²) >= 11 is 4.28. The molecule has 1 aliphatic rings. The molecule has 3 heteroatoms. The van der Waals surface area contributed by atoms with Crippen LogP contribution in [0.15, 0.2) is 0 Å². The molecule has 1 fully saturated rings. The van der Waals surface area contributed by atoms with E-state index in [1.165, 1.54) is 19.3 Å². The highest BCUT2D eigenvalue weighted by atomic mass is 32.1. The van der Waals surface area contributed by atoms with Crippen molar-refractivity contribution in [2.24, 2.45) is 11.3 Å². The SMILES string of the molecule is CC(C)C(S)C(=O)NCC1(C)CCC1. The van der Waals surface area contributed by atoms with E-state index < -0.39 is 0 Å². The monoisotopic (exact) mass is 215 g/mol. The number of hydrogen-bond acceptors (Lipinski definition) is 2. The summed E-state index contributed by atoms with van der Waals surface area (Å²) < 4.78 is 0. The van der Waals surface area contributed by atoms with Crippen molar-refractivity contribution < 1.29 is 4.79 Å². The van der Waals surface area contributed by atoms with Crippen molar-refractivity contribution in [3.05, 3.63) is 0 Å². The lowest BCUT2D eigenvalue weighted by molar-refractivity contribution is -0.122. The summed E-state index contributed by atoms with van der Waals surface area (Å²) in [7, 11) is 0. The molecular weight excluding hydrogens is 194 g/mol. The van der Waals surface area contributed by atoms with E-state index in [1.807, 2.05) is 13.8 Å². The van der Waals surface area contributed by atoms with Crippen LogP contribution < -0.4 is 5.32 Å². The molecule has 0 bridgehead atoms. The fourth-order valence-corrected chi connectivity index (χ4v) is 1.76. The molecule has 0 aromatic carbocycles. The average Bonchev–Trinajstić information content (AvgIpc) is 2.09. The van der Waals surface area contributed by atoms with Gasteiger partial charge in [-0.05, 0) is 24.2 Å². The molecule has 82 valence electrons. The fourth-order valence-electron chi connectivity index (χ4n) is 1.66. The highest BCUT2D eigenvalue weighted by molar-refractivity contribution is 7.81. The van der Waals surface area contributed by atoms with Gasteiger partial charge in [-0.25, -0.2) is 0 Å². The van der Waals surface area contributed by atoms with Crippen molar-refractivity contribution in [2.75, 3.05) is 6.54 Å². The molecule has 1 N–H and O–H groups in total. The van der Waals surface area contributed by atoms with Gasteiger partial charge in [-0.3, -0.25) is 4.79 Å². The van der Waals surface area contributed by atoms with Crippen molar-refractivity contribution in [1.29, 1.82) is 0 Å². The Morgan fingerprint density at radius 1 is 1.50 bits per heavy atom. The van der Waals surface area contributed by atoms with Gasteiger partial charge >= 0.3 is 0 Å². The molecule has 0 aromatic heterocycles. The van der Waals surface area contributed by atoms with Gasteiger partial charge in [0.1, 0.15) is 0 Å². The maximum Gasteiger partial charge on any atom is 0.233 e. The van der Waals surface area contributed by atoms with Crippen LogP contribution in [0.25, 0.3) is 0 Å². The molecule has 0 radical (unpaired) electrons. The smallest absolute Gasteiger partial charge is 0.233 e. The van der Waals surface area contributed by atoms with Crippen LogP contribution in [-0.4, -0.2) is 17.7 Å². The Hall–Kier alpha value is -0.180. The molecule has 0 spiro atoms. The quantitative estimate of drug-likeness (QED) is 0.692. The minimum Gasteiger partial charge on any atom is -0.355 e. The first kappa shape index (κ1) is 11.9. The fraction of sp³-hybridized carbons (Fsp3) is 0.909. The van der Waals surface area contributed by atoms with E-state index in [9.17, 15) is 4.79 Å². The largest absolute Gasteiger partial charge is 0.355 e. The lowest BCUT2D eigenvalue weighted by atomic mass is 9.70. The van der Waals surface area contributed by atoms with E-state index in [0.29, 0.717) is 11.3 Å². The van der Waals surface area contributed by atoms with Crippen molar-refractivity contribution in [3.8, 4) is 0 Å². The van der Waals surface area contributed by atoms with Gasteiger partial charge in [-0.15, -0.1) is 0 Å². The molecule has 0 aromatic rings. The number of hydrogen-bond donors (Lipinski definition) is 2. The number of carbonyl (C=O) groups excluding carboxylic acids is 1. The molecule has 1 unspecified atom stereocenters. The Bertz CT molecular complexity index is 211. The Labute approximate surface area is 92.2 Å². The Morgan fingerprint density at radius 2 is 2.07 bits per heavy atom. The molecule has 0 heterocycles. The van der Waals surface area contributed by atoms with Crippen LogP contribution in [0.1, 0.15) is 40.0 Å². The Balaban J connectivity index is 2.27. The minimum atomic E-state index is -0.168. The topological polar surface area (TPSA) is 29.1 Å². The van der Waals surface area contributed by atoms with Gasteiger partial charge in [0.15, 0.2) is 0 Å². The van der Waals surface area contributed by atoms with E-state index in [1.54, 1.807) is 0 Å². The zero-order valence-electron chi connectivity index (χ0n) is 9.34. The molecule has 1 amide bonds. The highest BCUT2D eigenvalue weighted by Crippen LogP contribution is 2.39. The van der Waals surface area contributed by atoms with Gasteiger partial charge in [0.05, 0.1) is 5.25 Å². The molecule has 1 saturated carbocycles. The van der Waals surface area contributed by atoms with E-state index >= 15 is 0 Å². The van der Waals surface area contributed by atoms with Crippen LogP contribution in [0.3, 0.4) is 0 Å². The van der Waals surface area contributed by atoms with Gasteiger partial charge in [0.25, 0.3) is 0 Å². The molecule has 0 saturated heterocycles. The average molecular weight is 215 g/mol. The lowest BCUT2D eigenvalue weighted by Gasteiger charge is -2.38. The third-order valence-electron chi connectivity index (χ3n) is 3.15. The predicted octanol–water partition coefficient (Wildman–Crippen LogP) is 2.25. The van der Waals surface area contributed by atoms with E-state index in [4.69, 9.17) is 0 Å². The van der Waals surface area contributed by atoms with Gasteiger partial charge < -0.3 is 5.32 Å². The molecular formula is C11H21NOS. The van der Waals surface area contributed by atoms with Gasteiger partial charge in [0.2, 0.25) is 5.91 Å².